The Morgan fingerprint density at radius 3 is 2.18 bits per heavy atom. The third-order valence-electron chi connectivity index (χ3n) is 5.12. The molecule has 0 bridgehead atoms. The SMILES string of the molecule is CCCNC(=O)[C@@H](C)N(Cc1ccc(Cl)cc1)C(=O)CN(c1ccc(F)cc1)S(=O)(=O)N(C)C. The number of hydrogen-bond donors (Lipinski definition) is 1. The van der Waals surface area contributed by atoms with Gasteiger partial charge in [0, 0.05) is 32.2 Å². The highest BCUT2D eigenvalue weighted by Crippen LogP contribution is 2.21. The number of halogens is 2. The number of anilines is 1. The molecule has 1 atom stereocenters. The maximum absolute atomic E-state index is 13.5. The van der Waals surface area contributed by atoms with Crippen LogP contribution in [0.25, 0.3) is 0 Å². The molecule has 0 heterocycles. The maximum Gasteiger partial charge on any atom is 0.304 e. The van der Waals surface area contributed by atoms with Crippen LogP contribution in [-0.4, -0.2) is 62.7 Å². The number of hydrogen-bond acceptors (Lipinski definition) is 4. The Morgan fingerprint density at radius 1 is 1.06 bits per heavy atom. The number of nitrogens with one attached hydrogen (secondary N) is 1. The Labute approximate surface area is 205 Å². The first-order chi connectivity index (χ1) is 16.0. The summed E-state index contributed by atoms with van der Waals surface area (Å²) in [5.41, 5.74) is 0.842. The smallest absolute Gasteiger partial charge is 0.304 e. The van der Waals surface area contributed by atoms with E-state index in [2.05, 4.69) is 5.32 Å². The van der Waals surface area contributed by atoms with E-state index in [0.29, 0.717) is 11.6 Å². The van der Waals surface area contributed by atoms with Crippen LogP contribution < -0.4 is 9.62 Å². The topological polar surface area (TPSA) is 90.0 Å². The molecule has 2 aromatic carbocycles. The summed E-state index contributed by atoms with van der Waals surface area (Å²) in [4.78, 5) is 27.5. The average Bonchev–Trinajstić information content (AvgIpc) is 2.80. The van der Waals surface area contributed by atoms with Gasteiger partial charge in [0.05, 0.1) is 5.69 Å². The first kappa shape index (κ1) is 27.6. The molecule has 0 spiro atoms. The summed E-state index contributed by atoms with van der Waals surface area (Å²) < 4.78 is 41.3. The van der Waals surface area contributed by atoms with Crippen LogP contribution in [0.1, 0.15) is 25.8 Å². The molecule has 1 N–H and O–H groups in total. The summed E-state index contributed by atoms with van der Waals surface area (Å²) in [5.74, 6) is -1.49. The van der Waals surface area contributed by atoms with Crippen molar-refractivity contribution in [3.05, 3.63) is 64.9 Å². The predicted molar refractivity (Wildman–Crippen MR) is 131 cm³/mol. The molecule has 2 aromatic rings. The van der Waals surface area contributed by atoms with Gasteiger partial charge in [0.2, 0.25) is 11.8 Å². The van der Waals surface area contributed by atoms with E-state index in [0.717, 1.165) is 32.7 Å². The number of benzene rings is 2. The van der Waals surface area contributed by atoms with Crippen molar-refractivity contribution in [3.63, 3.8) is 0 Å². The molecule has 0 aliphatic carbocycles. The van der Waals surface area contributed by atoms with Crippen molar-refractivity contribution in [2.75, 3.05) is 31.5 Å². The Morgan fingerprint density at radius 2 is 1.65 bits per heavy atom. The highest BCUT2D eigenvalue weighted by Gasteiger charge is 2.32. The summed E-state index contributed by atoms with van der Waals surface area (Å²) in [6.07, 6.45) is 0.725. The Balaban J connectivity index is 2.41. The zero-order valence-corrected chi connectivity index (χ0v) is 21.2. The number of carbonyl (C=O) groups excluding carboxylic acids is 2. The molecule has 0 saturated carbocycles. The Bertz CT molecular complexity index is 1080. The van der Waals surface area contributed by atoms with Crippen molar-refractivity contribution in [1.29, 1.82) is 0 Å². The van der Waals surface area contributed by atoms with Gasteiger partial charge in [0.1, 0.15) is 18.4 Å². The van der Waals surface area contributed by atoms with Crippen molar-refractivity contribution in [1.82, 2.24) is 14.5 Å². The predicted octanol–water partition coefficient (Wildman–Crippen LogP) is 3.04. The lowest BCUT2D eigenvalue weighted by atomic mass is 10.1. The van der Waals surface area contributed by atoms with Gasteiger partial charge in [0.25, 0.3) is 0 Å². The van der Waals surface area contributed by atoms with Gasteiger partial charge >= 0.3 is 10.2 Å². The molecular weight excluding hydrogens is 483 g/mol. The summed E-state index contributed by atoms with van der Waals surface area (Å²) in [6.45, 7) is 3.43. The molecule has 0 radical (unpaired) electrons. The largest absolute Gasteiger partial charge is 0.354 e. The number of rotatable bonds is 11. The molecule has 186 valence electrons. The third-order valence-corrected chi connectivity index (χ3v) is 7.19. The normalized spacial score (nSPS) is 12.3. The molecule has 2 rings (SSSR count). The van der Waals surface area contributed by atoms with Crippen LogP contribution in [0, 0.1) is 5.82 Å². The van der Waals surface area contributed by atoms with Gasteiger partial charge in [-0.15, -0.1) is 0 Å². The minimum Gasteiger partial charge on any atom is -0.354 e. The van der Waals surface area contributed by atoms with Crippen LogP contribution in [0.3, 0.4) is 0 Å². The van der Waals surface area contributed by atoms with Crippen molar-refractivity contribution in [3.8, 4) is 0 Å². The second-order valence-corrected chi connectivity index (χ2v) is 10.4. The molecule has 0 fully saturated rings. The van der Waals surface area contributed by atoms with E-state index in [9.17, 15) is 22.4 Å². The van der Waals surface area contributed by atoms with Crippen molar-refractivity contribution >= 4 is 39.3 Å². The monoisotopic (exact) mass is 512 g/mol. The van der Waals surface area contributed by atoms with E-state index in [-0.39, 0.29) is 18.1 Å². The lowest BCUT2D eigenvalue weighted by molar-refractivity contribution is -0.139. The zero-order chi connectivity index (χ0) is 25.5. The van der Waals surface area contributed by atoms with E-state index in [1.54, 1.807) is 31.2 Å². The van der Waals surface area contributed by atoms with Gasteiger partial charge in [-0.1, -0.05) is 30.7 Å². The van der Waals surface area contributed by atoms with E-state index in [1.165, 1.54) is 31.1 Å². The molecule has 0 aliphatic rings. The van der Waals surface area contributed by atoms with Crippen LogP contribution in [0.4, 0.5) is 10.1 Å². The number of nitrogens with zero attached hydrogens (tertiary/aromatic N) is 3. The van der Waals surface area contributed by atoms with E-state index < -0.39 is 34.5 Å². The van der Waals surface area contributed by atoms with Crippen LogP contribution in [0.15, 0.2) is 48.5 Å². The van der Waals surface area contributed by atoms with Crippen LogP contribution in [0.5, 0.6) is 0 Å². The standard InChI is InChI=1S/C23H30ClFN4O4S/c1-5-14-26-23(31)17(2)28(15-18-6-8-19(24)9-7-18)22(30)16-29(34(32,33)27(3)4)21-12-10-20(25)11-13-21/h6-13,17H,5,14-16H2,1-4H3,(H,26,31)/t17-/m1/s1. The van der Waals surface area contributed by atoms with Gasteiger partial charge < -0.3 is 10.2 Å². The highest BCUT2D eigenvalue weighted by atomic mass is 35.5. The molecule has 8 nitrogen and oxygen atoms in total. The molecule has 0 saturated heterocycles. The lowest BCUT2D eigenvalue weighted by Crippen LogP contribution is -2.52. The molecule has 2 amide bonds. The number of amides is 2. The maximum atomic E-state index is 13.5. The Kier molecular flexibility index (Phi) is 9.84. The van der Waals surface area contributed by atoms with Crippen LogP contribution in [0.2, 0.25) is 5.02 Å². The quantitative estimate of drug-likeness (QED) is 0.501. The van der Waals surface area contributed by atoms with Gasteiger partial charge in [-0.3, -0.25) is 9.59 Å². The van der Waals surface area contributed by atoms with E-state index in [4.69, 9.17) is 11.6 Å². The van der Waals surface area contributed by atoms with E-state index in [1.807, 2.05) is 6.92 Å². The molecule has 34 heavy (non-hydrogen) atoms. The summed E-state index contributed by atoms with van der Waals surface area (Å²) in [7, 11) is -1.42. The van der Waals surface area contributed by atoms with Crippen molar-refractivity contribution in [2.24, 2.45) is 0 Å². The first-order valence-electron chi connectivity index (χ1n) is 10.7. The van der Waals surface area contributed by atoms with Gasteiger partial charge in [0.15, 0.2) is 0 Å². The molecular formula is C23H30ClFN4O4S. The third kappa shape index (κ3) is 7.15. The van der Waals surface area contributed by atoms with Gasteiger partial charge in [-0.05, 0) is 55.3 Å². The lowest BCUT2D eigenvalue weighted by Gasteiger charge is -2.32. The second kappa shape index (κ2) is 12.1. The average molecular weight is 513 g/mol. The van der Waals surface area contributed by atoms with E-state index >= 15 is 0 Å². The van der Waals surface area contributed by atoms with Crippen LogP contribution >= 0.6 is 11.6 Å². The fraction of sp³-hybridized carbons (Fsp3) is 0.391. The van der Waals surface area contributed by atoms with Gasteiger partial charge in [-0.25, -0.2) is 8.70 Å². The summed E-state index contributed by atoms with van der Waals surface area (Å²) >= 11 is 5.96. The fourth-order valence-corrected chi connectivity index (χ4v) is 4.27. The van der Waals surface area contributed by atoms with Crippen molar-refractivity contribution < 1.29 is 22.4 Å². The zero-order valence-electron chi connectivity index (χ0n) is 19.7. The molecule has 0 aromatic heterocycles. The minimum absolute atomic E-state index is 0.0655. The minimum atomic E-state index is -4.09. The number of carbonyl (C=O) groups is 2. The summed E-state index contributed by atoms with van der Waals surface area (Å²) in [5, 5.41) is 3.29. The summed E-state index contributed by atoms with van der Waals surface area (Å²) in [6, 6.07) is 10.7. The van der Waals surface area contributed by atoms with Gasteiger partial charge in [-0.2, -0.15) is 12.7 Å². The first-order valence-corrected chi connectivity index (χ1v) is 12.5. The van der Waals surface area contributed by atoms with Crippen LogP contribution in [-0.2, 0) is 26.3 Å². The highest BCUT2D eigenvalue weighted by molar-refractivity contribution is 7.90. The fourth-order valence-electron chi connectivity index (χ4n) is 3.09. The second-order valence-electron chi connectivity index (χ2n) is 7.89. The molecule has 11 heteroatoms. The van der Waals surface area contributed by atoms with Crippen molar-refractivity contribution in [2.45, 2.75) is 32.9 Å². The molecule has 0 aliphatic heterocycles. The molecule has 0 unspecified atom stereocenters. The Hall–Kier alpha value is -2.69.